The number of aryl methyl sites for hydroxylation is 1. The van der Waals surface area contributed by atoms with Gasteiger partial charge in [-0.1, -0.05) is 0 Å². The number of carboxylic acids is 2. The lowest BCUT2D eigenvalue weighted by Crippen LogP contribution is -2.56. The second kappa shape index (κ2) is 11.7. The lowest BCUT2D eigenvalue weighted by atomic mass is 9.79. The van der Waals surface area contributed by atoms with Gasteiger partial charge in [-0.3, -0.25) is 14.8 Å². The van der Waals surface area contributed by atoms with Crippen molar-refractivity contribution in [2.45, 2.75) is 38.8 Å². The van der Waals surface area contributed by atoms with E-state index in [1.54, 1.807) is 0 Å². The first-order valence-corrected chi connectivity index (χ1v) is 10.6. The van der Waals surface area contributed by atoms with Gasteiger partial charge in [0.15, 0.2) is 0 Å². The molecule has 2 aliphatic heterocycles. The van der Waals surface area contributed by atoms with E-state index in [0.717, 1.165) is 24.6 Å². The first-order chi connectivity index (χ1) is 16.6. The molecule has 1 spiro atoms. The van der Waals surface area contributed by atoms with Crippen LogP contribution in [0, 0.1) is 12.3 Å². The third-order valence-corrected chi connectivity index (χ3v) is 5.45. The molecule has 0 atom stereocenters. The molecule has 0 aromatic carbocycles. The summed E-state index contributed by atoms with van der Waals surface area (Å²) in [5, 5.41) is 14.2. The summed E-state index contributed by atoms with van der Waals surface area (Å²) in [6.45, 7) is 8.88. The molecular weight excluding hydrogens is 500 g/mol. The zero-order valence-corrected chi connectivity index (χ0v) is 19.1. The predicted octanol–water partition coefficient (Wildman–Crippen LogP) is 3.96. The Hall–Kier alpha value is -3.13. The van der Waals surface area contributed by atoms with E-state index in [4.69, 9.17) is 24.2 Å². The number of hydrogen-bond acceptors (Lipinski definition) is 6. The highest BCUT2D eigenvalue weighted by Crippen LogP contribution is 2.40. The van der Waals surface area contributed by atoms with Gasteiger partial charge in [0.25, 0.3) is 0 Å². The monoisotopic (exact) mass is 525 g/mol. The maximum absolute atomic E-state index is 10.6. The number of pyridine rings is 1. The summed E-state index contributed by atoms with van der Waals surface area (Å²) in [6, 6.07) is 8.40. The minimum absolute atomic E-state index is 0.522. The summed E-state index contributed by atoms with van der Waals surface area (Å²) >= 11 is 0. The molecule has 0 radical (unpaired) electrons. The molecular formula is C22H25F6N3O5. The zero-order chi connectivity index (χ0) is 27.1. The van der Waals surface area contributed by atoms with Gasteiger partial charge in [0.1, 0.15) is 11.5 Å². The van der Waals surface area contributed by atoms with E-state index in [1.165, 1.54) is 38.2 Å². The molecule has 0 bridgehead atoms. The molecule has 2 aromatic rings. The Balaban J connectivity index is 0.000000271. The average molecular weight is 525 g/mol. The van der Waals surface area contributed by atoms with Crippen molar-refractivity contribution in [3.63, 3.8) is 0 Å². The largest absolute Gasteiger partial charge is 0.490 e. The van der Waals surface area contributed by atoms with Crippen molar-refractivity contribution in [2.24, 2.45) is 5.41 Å². The number of aromatic nitrogens is 1. The molecule has 14 heteroatoms. The number of nitrogens with zero attached hydrogens (tertiary/aromatic N) is 3. The Kier molecular flexibility index (Phi) is 9.49. The van der Waals surface area contributed by atoms with E-state index < -0.39 is 24.3 Å². The molecule has 4 rings (SSSR count). The minimum atomic E-state index is -5.08. The first-order valence-electron chi connectivity index (χ1n) is 10.6. The van der Waals surface area contributed by atoms with Crippen molar-refractivity contribution in [1.29, 1.82) is 0 Å². The van der Waals surface area contributed by atoms with E-state index in [2.05, 4.69) is 39.0 Å². The maximum atomic E-state index is 10.6. The van der Waals surface area contributed by atoms with Gasteiger partial charge in [0.05, 0.1) is 6.54 Å². The Morgan fingerprint density at radius 1 is 0.917 bits per heavy atom. The molecule has 36 heavy (non-hydrogen) atoms. The average Bonchev–Trinajstić information content (AvgIpc) is 3.34. The van der Waals surface area contributed by atoms with Gasteiger partial charge < -0.3 is 14.6 Å². The lowest BCUT2D eigenvalue weighted by molar-refractivity contribution is -0.193. The van der Waals surface area contributed by atoms with Crippen molar-refractivity contribution < 1.29 is 50.6 Å². The molecule has 0 amide bonds. The summed E-state index contributed by atoms with van der Waals surface area (Å²) in [4.78, 5) is 27.0. The number of halogens is 6. The standard InChI is InChI=1S/C18H23N3O.2C2HF3O2/c1-15-2-3-17(22-15)11-21-13-18(14-21)6-9-20(12-18)10-16-4-7-19-8-5-16;2*3-2(4,5)1(6)7/h2-5,7-8H,6,9-14H2,1H3;2*(H,6,7). The third kappa shape index (κ3) is 9.15. The van der Waals surface area contributed by atoms with Crippen LogP contribution in [0.3, 0.4) is 0 Å². The second-order valence-electron chi connectivity index (χ2n) is 8.58. The Morgan fingerprint density at radius 3 is 1.86 bits per heavy atom. The summed E-state index contributed by atoms with van der Waals surface area (Å²) < 4.78 is 69.2. The smallest absolute Gasteiger partial charge is 0.475 e. The molecule has 0 aliphatic carbocycles. The number of carboxylic acid groups (broad SMARTS) is 2. The summed E-state index contributed by atoms with van der Waals surface area (Å²) in [6.07, 6.45) is -5.07. The van der Waals surface area contributed by atoms with Crippen LogP contribution in [0.1, 0.15) is 23.5 Å². The van der Waals surface area contributed by atoms with Gasteiger partial charge in [-0.2, -0.15) is 26.3 Å². The SMILES string of the molecule is Cc1ccc(CN2CC3(CCN(Cc4ccncc4)C3)C2)o1.O=C(O)C(F)(F)F.O=C(O)C(F)(F)F. The molecule has 0 unspecified atom stereocenters. The predicted molar refractivity (Wildman–Crippen MR) is 113 cm³/mol. The van der Waals surface area contributed by atoms with Crippen molar-refractivity contribution in [3.05, 3.63) is 53.7 Å². The van der Waals surface area contributed by atoms with Crippen LogP contribution in [0.15, 0.2) is 41.1 Å². The summed E-state index contributed by atoms with van der Waals surface area (Å²) in [7, 11) is 0. The molecule has 2 aromatic heterocycles. The van der Waals surface area contributed by atoms with Gasteiger partial charge in [-0.05, 0) is 49.7 Å². The Labute approximate surface area is 202 Å². The van der Waals surface area contributed by atoms with Crippen molar-refractivity contribution in [1.82, 2.24) is 14.8 Å². The molecule has 2 aliphatic rings. The molecule has 2 fully saturated rings. The molecule has 8 nitrogen and oxygen atoms in total. The highest BCUT2D eigenvalue weighted by molar-refractivity contribution is 5.73. The minimum Gasteiger partial charge on any atom is -0.475 e. The van der Waals surface area contributed by atoms with Crippen LogP contribution < -0.4 is 0 Å². The number of hydrogen-bond donors (Lipinski definition) is 2. The normalized spacial score (nSPS) is 17.4. The van der Waals surface area contributed by atoms with Gasteiger partial charge in [-0.25, -0.2) is 9.59 Å². The van der Waals surface area contributed by atoms with Gasteiger partial charge >= 0.3 is 24.3 Å². The van der Waals surface area contributed by atoms with Crippen LogP contribution in [0.5, 0.6) is 0 Å². The van der Waals surface area contributed by atoms with Crippen molar-refractivity contribution in [3.8, 4) is 0 Å². The Morgan fingerprint density at radius 2 is 1.42 bits per heavy atom. The maximum Gasteiger partial charge on any atom is 0.490 e. The highest BCUT2D eigenvalue weighted by atomic mass is 19.4. The van der Waals surface area contributed by atoms with Gasteiger partial charge in [-0.15, -0.1) is 0 Å². The van der Waals surface area contributed by atoms with Gasteiger partial charge in [0.2, 0.25) is 0 Å². The number of alkyl halides is 6. The highest BCUT2D eigenvalue weighted by Gasteiger charge is 2.47. The lowest BCUT2D eigenvalue weighted by Gasteiger charge is -2.48. The fourth-order valence-electron chi connectivity index (χ4n) is 3.97. The van der Waals surface area contributed by atoms with E-state index >= 15 is 0 Å². The molecule has 200 valence electrons. The van der Waals surface area contributed by atoms with Crippen LogP contribution in [-0.2, 0) is 22.7 Å². The van der Waals surface area contributed by atoms with Crippen molar-refractivity contribution >= 4 is 11.9 Å². The van der Waals surface area contributed by atoms with Crippen LogP contribution in [0.2, 0.25) is 0 Å². The van der Waals surface area contributed by atoms with E-state index in [-0.39, 0.29) is 0 Å². The van der Waals surface area contributed by atoms with E-state index in [1.807, 2.05) is 19.3 Å². The summed E-state index contributed by atoms with van der Waals surface area (Å²) in [5.74, 6) is -3.41. The van der Waals surface area contributed by atoms with E-state index in [0.29, 0.717) is 5.41 Å². The van der Waals surface area contributed by atoms with Crippen LogP contribution in [0.25, 0.3) is 0 Å². The zero-order valence-electron chi connectivity index (χ0n) is 19.1. The number of likely N-dealkylation sites (tertiary alicyclic amines) is 2. The molecule has 2 saturated heterocycles. The van der Waals surface area contributed by atoms with Crippen molar-refractivity contribution in [2.75, 3.05) is 26.2 Å². The number of aliphatic carboxylic acids is 2. The fraction of sp³-hybridized carbons (Fsp3) is 0.500. The van der Waals surface area contributed by atoms with Crippen LogP contribution >= 0.6 is 0 Å². The Bertz CT molecular complexity index is 980. The van der Waals surface area contributed by atoms with Crippen LogP contribution in [0.4, 0.5) is 26.3 Å². The number of furan rings is 1. The quantitative estimate of drug-likeness (QED) is 0.578. The van der Waals surface area contributed by atoms with E-state index in [9.17, 15) is 26.3 Å². The number of carbonyl (C=O) groups is 2. The molecule has 2 N–H and O–H groups in total. The van der Waals surface area contributed by atoms with Gasteiger partial charge in [0, 0.05) is 44.0 Å². The fourth-order valence-corrected chi connectivity index (χ4v) is 3.97. The first kappa shape index (κ1) is 29.1. The second-order valence-corrected chi connectivity index (χ2v) is 8.58. The number of rotatable bonds is 4. The van der Waals surface area contributed by atoms with Crippen LogP contribution in [-0.4, -0.2) is 75.5 Å². The molecule has 0 saturated carbocycles. The topological polar surface area (TPSA) is 107 Å². The third-order valence-electron chi connectivity index (χ3n) is 5.45. The molecule has 4 heterocycles. The summed E-state index contributed by atoms with van der Waals surface area (Å²) in [5.41, 5.74) is 1.89.